The molecule has 0 spiro atoms. The minimum atomic E-state index is 0.310. The quantitative estimate of drug-likeness (QED) is 0.787. The fraction of sp³-hybridized carbons (Fsp3) is 0.500. The highest BCUT2D eigenvalue weighted by atomic mass is 16.3. The van der Waals surface area contributed by atoms with Gasteiger partial charge in [-0.2, -0.15) is 0 Å². The first-order chi connectivity index (χ1) is 7.22. The molecule has 15 heavy (non-hydrogen) atoms. The Labute approximate surface area is 90.5 Å². The van der Waals surface area contributed by atoms with Crippen molar-refractivity contribution in [1.82, 2.24) is 4.90 Å². The fourth-order valence-corrected chi connectivity index (χ4v) is 2.25. The van der Waals surface area contributed by atoms with Gasteiger partial charge in [0.2, 0.25) is 0 Å². The third-order valence-electron chi connectivity index (χ3n) is 3.06. The lowest BCUT2D eigenvalue weighted by molar-refractivity contribution is 0.0896. The molecule has 82 valence electrons. The number of para-hydroxylation sites is 1. The Morgan fingerprint density at radius 3 is 2.67 bits per heavy atom. The number of rotatable bonds is 3. The zero-order valence-electron chi connectivity index (χ0n) is 9.06. The van der Waals surface area contributed by atoms with Crippen molar-refractivity contribution in [2.45, 2.75) is 25.4 Å². The molecule has 0 aliphatic carbocycles. The first-order valence-corrected chi connectivity index (χ1v) is 5.50. The standard InChI is InChI=1S/C12H18N2O/c1-2-11(14-7-9(13)8-14)10-5-3-4-6-12(10)15/h3-6,9,11,15H,2,7-8,13H2,1H3. The van der Waals surface area contributed by atoms with Crippen LogP contribution in [0, 0.1) is 0 Å². The van der Waals surface area contributed by atoms with Gasteiger partial charge in [0.15, 0.2) is 0 Å². The van der Waals surface area contributed by atoms with Gasteiger partial charge >= 0.3 is 0 Å². The Morgan fingerprint density at radius 2 is 2.13 bits per heavy atom. The minimum Gasteiger partial charge on any atom is -0.508 e. The molecule has 0 saturated carbocycles. The first-order valence-electron chi connectivity index (χ1n) is 5.50. The lowest BCUT2D eigenvalue weighted by Crippen LogP contribution is -2.56. The number of hydrogen-bond donors (Lipinski definition) is 2. The van der Waals surface area contributed by atoms with Crippen LogP contribution in [-0.4, -0.2) is 29.1 Å². The molecule has 1 heterocycles. The average Bonchev–Trinajstić information content (AvgIpc) is 2.19. The van der Waals surface area contributed by atoms with Crippen LogP contribution in [0.1, 0.15) is 24.9 Å². The number of nitrogens with zero attached hydrogens (tertiary/aromatic N) is 1. The van der Waals surface area contributed by atoms with Gasteiger partial charge in [-0.25, -0.2) is 0 Å². The summed E-state index contributed by atoms with van der Waals surface area (Å²) >= 11 is 0. The third-order valence-corrected chi connectivity index (χ3v) is 3.06. The highest BCUT2D eigenvalue weighted by Crippen LogP contribution is 2.33. The highest BCUT2D eigenvalue weighted by molar-refractivity contribution is 5.34. The van der Waals surface area contributed by atoms with Gasteiger partial charge in [0, 0.05) is 30.7 Å². The maximum Gasteiger partial charge on any atom is 0.120 e. The molecular formula is C12H18N2O. The first kappa shape index (κ1) is 10.5. The summed E-state index contributed by atoms with van der Waals surface area (Å²) in [5.41, 5.74) is 6.79. The third kappa shape index (κ3) is 1.98. The molecule has 1 aromatic rings. The summed E-state index contributed by atoms with van der Waals surface area (Å²) in [6, 6.07) is 8.19. The van der Waals surface area contributed by atoms with Gasteiger partial charge < -0.3 is 10.8 Å². The molecule has 1 atom stereocenters. The predicted molar refractivity (Wildman–Crippen MR) is 60.7 cm³/mol. The van der Waals surface area contributed by atoms with Crippen molar-refractivity contribution < 1.29 is 5.11 Å². The molecule has 0 radical (unpaired) electrons. The molecule has 3 heteroatoms. The van der Waals surface area contributed by atoms with Crippen molar-refractivity contribution in [1.29, 1.82) is 0 Å². The normalized spacial score (nSPS) is 19.9. The van der Waals surface area contributed by atoms with Gasteiger partial charge in [0.25, 0.3) is 0 Å². The second kappa shape index (κ2) is 4.21. The van der Waals surface area contributed by atoms with Crippen LogP contribution in [0.3, 0.4) is 0 Å². The van der Waals surface area contributed by atoms with Crippen LogP contribution in [0.2, 0.25) is 0 Å². The van der Waals surface area contributed by atoms with E-state index in [1.54, 1.807) is 6.07 Å². The molecule has 1 aliphatic heterocycles. The van der Waals surface area contributed by atoms with E-state index < -0.39 is 0 Å². The molecule has 1 fully saturated rings. The van der Waals surface area contributed by atoms with Gasteiger partial charge in [0.1, 0.15) is 5.75 Å². The summed E-state index contributed by atoms with van der Waals surface area (Å²) in [6.45, 7) is 4.01. The second-order valence-electron chi connectivity index (χ2n) is 4.20. The van der Waals surface area contributed by atoms with Gasteiger partial charge in [-0.05, 0) is 12.5 Å². The summed E-state index contributed by atoms with van der Waals surface area (Å²) in [6.07, 6.45) is 1.00. The van der Waals surface area contributed by atoms with Crippen LogP contribution in [0.15, 0.2) is 24.3 Å². The summed E-state index contributed by atoms with van der Waals surface area (Å²) in [5, 5.41) is 9.79. The Hall–Kier alpha value is -1.06. The average molecular weight is 206 g/mol. The number of benzene rings is 1. The molecule has 3 N–H and O–H groups in total. The predicted octanol–water partition coefficient (Wildman–Crippen LogP) is 1.49. The number of nitrogens with two attached hydrogens (primary N) is 1. The van der Waals surface area contributed by atoms with Crippen molar-refractivity contribution in [3.05, 3.63) is 29.8 Å². The summed E-state index contributed by atoms with van der Waals surface area (Å²) < 4.78 is 0. The summed E-state index contributed by atoms with van der Waals surface area (Å²) in [5.74, 6) is 0.393. The smallest absolute Gasteiger partial charge is 0.120 e. The molecule has 0 bridgehead atoms. The van der Waals surface area contributed by atoms with Crippen LogP contribution in [-0.2, 0) is 0 Å². The number of likely N-dealkylation sites (tertiary alicyclic amines) is 1. The summed E-state index contributed by atoms with van der Waals surface area (Å²) in [4.78, 5) is 2.32. The molecule has 1 saturated heterocycles. The molecule has 3 nitrogen and oxygen atoms in total. The molecule has 0 amide bonds. The number of phenolic OH excluding ortho intramolecular Hbond substituents is 1. The maximum atomic E-state index is 9.79. The Balaban J connectivity index is 2.16. The monoisotopic (exact) mass is 206 g/mol. The zero-order chi connectivity index (χ0) is 10.8. The lowest BCUT2D eigenvalue weighted by Gasteiger charge is -2.42. The number of aromatic hydroxyl groups is 1. The fourth-order valence-electron chi connectivity index (χ4n) is 2.25. The van der Waals surface area contributed by atoms with Crippen molar-refractivity contribution >= 4 is 0 Å². The SMILES string of the molecule is CCC(c1ccccc1O)N1CC(N)C1. The maximum absolute atomic E-state index is 9.79. The van der Waals surface area contributed by atoms with E-state index in [0.717, 1.165) is 25.1 Å². The van der Waals surface area contributed by atoms with E-state index in [1.807, 2.05) is 18.2 Å². The van der Waals surface area contributed by atoms with Crippen molar-refractivity contribution in [3.8, 4) is 5.75 Å². The van der Waals surface area contributed by atoms with Crippen LogP contribution in [0.5, 0.6) is 5.75 Å². The van der Waals surface area contributed by atoms with E-state index in [2.05, 4.69) is 11.8 Å². The van der Waals surface area contributed by atoms with Crippen LogP contribution >= 0.6 is 0 Å². The molecule has 0 aromatic heterocycles. The van der Waals surface area contributed by atoms with Crippen LogP contribution < -0.4 is 5.73 Å². The Morgan fingerprint density at radius 1 is 1.47 bits per heavy atom. The largest absolute Gasteiger partial charge is 0.508 e. The lowest BCUT2D eigenvalue weighted by atomic mass is 9.97. The minimum absolute atomic E-state index is 0.310. The van der Waals surface area contributed by atoms with E-state index >= 15 is 0 Å². The highest BCUT2D eigenvalue weighted by Gasteiger charge is 2.30. The summed E-state index contributed by atoms with van der Waals surface area (Å²) in [7, 11) is 0. The van der Waals surface area contributed by atoms with Gasteiger partial charge in [0.05, 0.1) is 0 Å². The number of phenols is 1. The van der Waals surface area contributed by atoms with E-state index in [0.29, 0.717) is 17.8 Å². The van der Waals surface area contributed by atoms with E-state index in [9.17, 15) is 5.11 Å². The molecular weight excluding hydrogens is 188 g/mol. The second-order valence-corrected chi connectivity index (χ2v) is 4.20. The van der Waals surface area contributed by atoms with E-state index in [-0.39, 0.29) is 0 Å². The van der Waals surface area contributed by atoms with Gasteiger partial charge in [-0.3, -0.25) is 4.90 Å². The van der Waals surface area contributed by atoms with Crippen molar-refractivity contribution in [2.75, 3.05) is 13.1 Å². The molecule has 1 aromatic carbocycles. The zero-order valence-corrected chi connectivity index (χ0v) is 9.06. The van der Waals surface area contributed by atoms with E-state index in [1.165, 1.54) is 0 Å². The molecule has 2 rings (SSSR count). The molecule has 1 unspecified atom stereocenters. The number of hydrogen-bond acceptors (Lipinski definition) is 3. The Kier molecular flexibility index (Phi) is 2.93. The van der Waals surface area contributed by atoms with Crippen molar-refractivity contribution in [3.63, 3.8) is 0 Å². The molecule has 1 aliphatic rings. The van der Waals surface area contributed by atoms with Gasteiger partial charge in [-0.1, -0.05) is 25.1 Å². The van der Waals surface area contributed by atoms with Crippen molar-refractivity contribution in [2.24, 2.45) is 5.73 Å². The van der Waals surface area contributed by atoms with Crippen LogP contribution in [0.25, 0.3) is 0 Å². The topological polar surface area (TPSA) is 49.5 Å². The Bertz CT molecular complexity index is 334. The van der Waals surface area contributed by atoms with Crippen LogP contribution in [0.4, 0.5) is 0 Å². The van der Waals surface area contributed by atoms with Gasteiger partial charge in [-0.15, -0.1) is 0 Å². The van der Waals surface area contributed by atoms with E-state index in [4.69, 9.17) is 5.73 Å².